The molecule has 1 aliphatic rings. The van der Waals surface area contributed by atoms with Crippen molar-refractivity contribution in [3.63, 3.8) is 0 Å². The van der Waals surface area contributed by atoms with E-state index in [2.05, 4.69) is 0 Å². The second kappa shape index (κ2) is 3.04. The molecule has 0 aromatic carbocycles. The van der Waals surface area contributed by atoms with E-state index >= 15 is 0 Å². The average Bonchev–Trinajstić information content (AvgIpc) is 1.97. The van der Waals surface area contributed by atoms with E-state index in [1.165, 1.54) is 0 Å². The number of aliphatic hydroxyl groups is 3. The smallest absolute Gasteiger partial charge is 0.0975 e. The second-order valence-corrected chi connectivity index (χ2v) is 3.03. The van der Waals surface area contributed by atoms with Crippen LogP contribution < -0.4 is 11.5 Å². The fraction of sp³-hybridized carbons (Fsp3) is 1.00. The lowest BCUT2D eigenvalue weighted by Gasteiger charge is -2.37. The summed E-state index contributed by atoms with van der Waals surface area (Å²) in [5.41, 5.74) is 10.8. The SMILES string of the molecule is N[C@@H]1C[C@H](O)[C@@H](O)[C@H](N)C1O. The molecule has 5 atom stereocenters. The molecule has 0 heterocycles. The number of hydrogen-bond acceptors (Lipinski definition) is 5. The summed E-state index contributed by atoms with van der Waals surface area (Å²) in [6, 6.07) is -1.38. The van der Waals surface area contributed by atoms with Crippen LogP contribution in [0.4, 0.5) is 0 Å². The van der Waals surface area contributed by atoms with Crippen LogP contribution in [0.1, 0.15) is 6.42 Å². The van der Waals surface area contributed by atoms with Crippen molar-refractivity contribution < 1.29 is 15.3 Å². The monoisotopic (exact) mass is 162 g/mol. The van der Waals surface area contributed by atoms with Gasteiger partial charge < -0.3 is 26.8 Å². The fourth-order valence-corrected chi connectivity index (χ4v) is 1.30. The Morgan fingerprint density at radius 3 is 2.09 bits per heavy atom. The van der Waals surface area contributed by atoms with Crippen LogP contribution in [0.3, 0.4) is 0 Å². The van der Waals surface area contributed by atoms with Gasteiger partial charge in [-0.05, 0) is 6.42 Å². The first-order chi connectivity index (χ1) is 5.04. The third-order valence-corrected chi connectivity index (χ3v) is 2.14. The average molecular weight is 162 g/mol. The Morgan fingerprint density at radius 1 is 1.00 bits per heavy atom. The first-order valence-electron chi connectivity index (χ1n) is 3.59. The first-order valence-corrected chi connectivity index (χ1v) is 3.59. The van der Waals surface area contributed by atoms with E-state index < -0.39 is 30.4 Å². The Balaban J connectivity index is 2.63. The van der Waals surface area contributed by atoms with E-state index in [0.717, 1.165) is 0 Å². The Morgan fingerprint density at radius 2 is 1.55 bits per heavy atom. The van der Waals surface area contributed by atoms with Crippen LogP contribution in [0, 0.1) is 0 Å². The summed E-state index contributed by atoms with van der Waals surface area (Å²) in [6.07, 6.45) is -2.71. The fourth-order valence-electron chi connectivity index (χ4n) is 1.30. The van der Waals surface area contributed by atoms with Crippen LogP contribution in [-0.2, 0) is 0 Å². The molecule has 0 aliphatic heterocycles. The molecule has 1 saturated carbocycles. The molecule has 11 heavy (non-hydrogen) atoms. The molecular weight excluding hydrogens is 148 g/mol. The number of rotatable bonds is 0. The highest BCUT2D eigenvalue weighted by Crippen LogP contribution is 2.17. The predicted molar refractivity (Wildman–Crippen MR) is 38.6 cm³/mol. The third-order valence-electron chi connectivity index (χ3n) is 2.14. The lowest BCUT2D eigenvalue weighted by atomic mass is 9.85. The van der Waals surface area contributed by atoms with Crippen molar-refractivity contribution in [1.82, 2.24) is 0 Å². The molecule has 0 radical (unpaired) electrons. The molecule has 5 heteroatoms. The third kappa shape index (κ3) is 1.52. The van der Waals surface area contributed by atoms with E-state index in [-0.39, 0.29) is 6.42 Å². The minimum atomic E-state index is -1.07. The van der Waals surface area contributed by atoms with Crippen molar-refractivity contribution in [3.8, 4) is 0 Å². The van der Waals surface area contributed by atoms with Crippen molar-refractivity contribution in [3.05, 3.63) is 0 Å². The molecule has 1 aliphatic carbocycles. The van der Waals surface area contributed by atoms with Gasteiger partial charge in [-0.15, -0.1) is 0 Å². The molecule has 5 nitrogen and oxygen atoms in total. The summed E-state index contributed by atoms with van der Waals surface area (Å²) >= 11 is 0. The van der Waals surface area contributed by atoms with E-state index in [4.69, 9.17) is 21.7 Å². The van der Waals surface area contributed by atoms with Crippen molar-refractivity contribution in [2.45, 2.75) is 36.8 Å². The number of aliphatic hydroxyl groups excluding tert-OH is 3. The zero-order valence-corrected chi connectivity index (χ0v) is 6.09. The maximum Gasteiger partial charge on any atom is 0.0975 e. The van der Waals surface area contributed by atoms with Gasteiger partial charge in [-0.3, -0.25) is 0 Å². The van der Waals surface area contributed by atoms with E-state index in [9.17, 15) is 5.11 Å². The van der Waals surface area contributed by atoms with E-state index in [1.54, 1.807) is 0 Å². The highest BCUT2D eigenvalue weighted by molar-refractivity contribution is 4.96. The van der Waals surface area contributed by atoms with Crippen molar-refractivity contribution in [1.29, 1.82) is 0 Å². The zero-order valence-electron chi connectivity index (χ0n) is 6.09. The van der Waals surface area contributed by atoms with Crippen LogP contribution in [0.25, 0.3) is 0 Å². The lowest BCUT2D eigenvalue weighted by molar-refractivity contribution is -0.0731. The Hall–Kier alpha value is -0.200. The van der Waals surface area contributed by atoms with E-state index in [1.807, 2.05) is 0 Å². The first kappa shape index (κ1) is 8.89. The quantitative estimate of drug-likeness (QED) is 0.263. The van der Waals surface area contributed by atoms with Gasteiger partial charge in [-0.2, -0.15) is 0 Å². The molecule has 7 N–H and O–H groups in total. The molecule has 0 bridgehead atoms. The molecule has 0 saturated heterocycles. The van der Waals surface area contributed by atoms with Crippen molar-refractivity contribution in [2.24, 2.45) is 11.5 Å². The maximum absolute atomic E-state index is 9.21. The van der Waals surface area contributed by atoms with Crippen LogP contribution in [0.2, 0.25) is 0 Å². The molecule has 0 aromatic heterocycles. The van der Waals surface area contributed by atoms with Gasteiger partial charge in [0.1, 0.15) is 0 Å². The topological polar surface area (TPSA) is 113 Å². The van der Waals surface area contributed by atoms with Crippen LogP contribution in [-0.4, -0.2) is 45.7 Å². The van der Waals surface area contributed by atoms with Crippen LogP contribution in [0.15, 0.2) is 0 Å². The van der Waals surface area contributed by atoms with Gasteiger partial charge in [-0.25, -0.2) is 0 Å². The summed E-state index contributed by atoms with van der Waals surface area (Å²) in [5.74, 6) is 0. The standard InChI is InChI=1S/C6H14N2O3/c7-2-1-3(9)6(11)4(8)5(2)10/h2-6,9-11H,1,7-8H2/t2-,3+,4-,5?,6-/m1/s1. The van der Waals surface area contributed by atoms with Gasteiger partial charge in [0.15, 0.2) is 0 Å². The van der Waals surface area contributed by atoms with Crippen LogP contribution in [0.5, 0.6) is 0 Å². The normalized spacial score (nSPS) is 52.6. The van der Waals surface area contributed by atoms with Gasteiger partial charge in [0.25, 0.3) is 0 Å². The summed E-state index contributed by atoms with van der Waals surface area (Å²) < 4.78 is 0. The molecule has 0 spiro atoms. The molecule has 0 amide bonds. The van der Waals surface area contributed by atoms with Gasteiger partial charge in [0, 0.05) is 6.04 Å². The summed E-state index contributed by atoms with van der Waals surface area (Å²) in [6.45, 7) is 0. The Kier molecular flexibility index (Phi) is 2.46. The lowest BCUT2D eigenvalue weighted by Crippen LogP contribution is -2.62. The summed E-state index contributed by atoms with van der Waals surface area (Å²) in [5, 5.41) is 27.5. The Bertz CT molecular complexity index is 130. The van der Waals surface area contributed by atoms with E-state index in [0.29, 0.717) is 0 Å². The summed E-state index contributed by atoms with van der Waals surface area (Å²) in [7, 11) is 0. The summed E-state index contributed by atoms with van der Waals surface area (Å²) in [4.78, 5) is 0. The van der Waals surface area contributed by atoms with Gasteiger partial charge in [-0.1, -0.05) is 0 Å². The number of nitrogens with two attached hydrogens (primary N) is 2. The molecule has 66 valence electrons. The highest BCUT2D eigenvalue weighted by Gasteiger charge is 2.38. The second-order valence-electron chi connectivity index (χ2n) is 3.03. The minimum Gasteiger partial charge on any atom is -0.390 e. The van der Waals surface area contributed by atoms with Crippen LogP contribution >= 0.6 is 0 Å². The Labute approximate surface area is 64.6 Å². The van der Waals surface area contributed by atoms with Crippen molar-refractivity contribution in [2.75, 3.05) is 0 Å². The van der Waals surface area contributed by atoms with Gasteiger partial charge >= 0.3 is 0 Å². The van der Waals surface area contributed by atoms with Gasteiger partial charge in [0.2, 0.25) is 0 Å². The minimum absolute atomic E-state index is 0.191. The molecule has 0 aromatic rings. The molecule has 1 unspecified atom stereocenters. The molecule has 1 rings (SSSR count). The highest BCUT2D eigenvalue weighted by atomic mass is 16.3. The largest absolute Gasteiger partial charge is 0.390 e. The van der Waals surface area contributed by atoms with Crippen molar-refractivity contribution >= 4 is 0 Å². The number of hydrogen-bond donors (Lipinski definition) is 5. The molecular formula is C6H14N2O3. The maximum atomic E-state index is 9.21. The molecule has 1 fully saturated rings. The zero-order chi connectivity index (χ0) is 8.59. The van der Waals surface area contributed by atoms with Gasteiger partial charge in [0.05, 0.1) is 24.4 Å². The predicted octanol–water partition coefficient (Wildman–Crippen LogP) is -2.87.